The van der Waals surface area contributed by atoms with Gasteiger partial charge in [-0.2, -0.15) is 0 Å². The number of anilines is 1. The molecular formula is C14H10N4O4S. The number of thiophene rings is 1. The van der Waals surface area contributed by atoms with Gasteiger partial charge in [-0.25, -0.2) is 0 Å². The van der Waals surface area contributed by atoms with Crippen LogP contribution in [0.15, 0.2) is 40.8 Å². The molecule has 0 aliphatic carbocycles. The number of carbonyl (C=O) groups excluding carboxylic acids is 1. The van der Waals surface area contributed by atoms with Crippen molar-refractivity contribution in [3.63, 3.8) is 0 Å². The third-order valence-corrected chi connectivity index (χ3v) is 3.93. The molecule has 0 unspecified atom stereocenters. The molecule has 1 N–H and O–H groups in total. The number of nitrogens with zero attached hydrogens (tertiary/aromatic N) is 3. The molecule has 0 fully saturated rings. The molecule has 3 aromatic rings. The van der Waals surface area contributed by atoms with Crippen molar-refractivity contribution >= 4 is 28.9 Å². The van der Waals surface area contributed by atoms with Crippen molar-refractivity contribution in [3.8, 4) is 11.5 Å². The summed E-state index contributed by atoms with van der Waals surface area (Å²) >= 11 is 1.36. The van der Waals surface area contributed by atoms with Crippen LogP contribution < -0.4 is 5.32 Å². The van der Waals surface area contributed by atoms with Crippen LogP contribution in [-0.2, 0) is 0 Å². The first-order valence-electron chi connectivity index (χ1n) is 6.49. The number of aromatic nitrogens is 2. The number of amides is 1. The summed E-state index contributed by atoms with van der Waals surface area (Å²) in [5, 5.41) is 20.7. The lowest BCUT2D eigenvalue weighted by molar-refractivity contribution is -0.384. The van der Waals surface area contributed by atoms with Crippen molar-refractivity contribution in [2.45, 2.75) is 6.92 Å². The normalized spacial score (nSPS) is 10.5. The highest BCUT2D eigenvalue weighted by atomic mass is 32.1. The summed E-state index contributed by atoms with van der Waals surface area (Å²) < 4.78 is 5.35. The molecule has 1 amide bonds. The fourth-order valence-corrected chi connectivity index (χ4v) is 2.59. The number of hydrogen-bond donors (Lipinski definition) is 1. The van der Waals surface area contributed by atoms with Gasteiger partial charge in [-0.3, -0.25) is 20.2 Å². The molecule has 0 aliphatic heterocycles. The van der Waals surface area contributed by atoms with E-state index in [0.29, 0.717) is 10.4 Å². The van der Waals surface area contributed by atoms with E-state index in [1.54, 1.807) is 6.07 Å². The first-order chi connectivity index (χ1) is 11.0. The zero-order chi connectivity index (χ0) is 16.4. The fraction of sp³-hybridized carbons (Fsp3) is 0.0714. The minimum Gasteiger partial charge on any atom is -0.403 e. The molecule has 2 aromatic heterocycles. The maximum Gasteiger partial charge on any atom is 0.322 e. The highest BCUT2D eigenvalue weighted by Crippen LogP contribution is 2.23. The van der Waals surface area contributed by atoms with Crippen LogP contribution in [0.4, 0.5) is 11.7 Å². The van der Waals surface area contributed by atoms with Crippen LogP contribution in [0, 0.1) is 17.0 Å². The first kappa shape index (κ1) is 14.9. The number of carbonyl (C=O) groups is 1. The van der Waals surface area contributed by atoms with Crippen LogP contribution in [0.3, 0.4) is 0 Å². The van der Waals surface area contributed by atoms with Gasteiger partial charge in [0, 0.05) is 22.6 Å². The molecule has 0 saturated carbocycles. The van der Waals surface area contributed by atoms with Crippen LogP contribution in [0.25, 0.3) is 11.5 Å². The number of aryl methyl sites for hydroxylation is 1. The van der Waals surface area contributed by atoms with Crippen LogP contribution in [0.2, 0.25) is 0 Å². The number of nitro benzene ring substituents is 1. The topological polar surface area (TPSA) is 111 Å². The van der Waals surface area contributed by atoms with E-state index in [9.17, 15) is 14.9 Å². The summed E-state index contributed by atoms with van der Waals surface area (Å²) in [6.45, 7) is 1.90. The first-order valence-corrected chi connectivity index (χ1v) is 7.31. The van der Waals surface area contributed by atoms with E-state index in [0.717, 1.165) is 4.88 Å². The Bertz CT molecular complexity index is 869. The lowest BCUT2D eigenvalue weighted by Crippen LogP contribution is -2.10. The molecule has 1 aromatic carbocycles. The summed E-state index contributed by atoms with van der Waals surface area (Å²) in [4.78, 5) is 23.7. The van der Waals surface area contributed by atoms with Gasteiger partial charge < -0.3 is 4.42 Å². The molecule has 3 rings (SSSR count). The Hall–Kier alpha value is -3.07. The van der Waals surface area contributed by atoms with Crippen molar-refractivity contribution in [1.29, 1.82) is 0 Å². The molecule has 0 aliphatic rings. The van der Waals surface area contributed by atoms with Crippen LogP contribution in [0.1, 0.15) is 14.5 Å². The maximum absolute atomic E-state index is 12.0. The Labute approximate surface area is 133 Å². The van der Waals surface area contributed by atoms with Crippen molar-refractivity contribution in [2.75, 3.05) is 5.32 Å². The molecule has 0 bridgehead atoms. The van der Waals surface area contributed by atoms with E-state index < -0.39 is 4.92 Å². The predicted molar refractivity (Wildman–Crippen MR) is 83.4 cm³/mol. The monoisotopic (exact) mass is 330 g/mol. The average Bonchev–Trinajstić information content (AvgIpc) is 3.16. The van der Waals surface area contributed by atoms with E-state index >= 15 is 0 Å². The molecule has 0 spiro atoms. The zero-order valence-electron chi connectivity index (χ0n) is 11.8. The highest BCUT2D eigenvalue weighted by molar-refractivity contribution is 7.14. The van der Waals surface area contributed by atoms with E-state index in [4.69, 9.17) is 4.42 Å². The molecule has 23 heavy (non-hydrogen) atoms. The number of benzene rings is 1. The van der Waals surface area contributed by atoms with Crippen molar-refractivity contribution in [2.24, 2.45) is 0 Å². The van der Waals surface area contributed by atoms with Gasteiger partial charge in [-0.15, -0.1) is 16.4 Å². The summed E-state index contributed by atoms with van der Waals surface area (Å²) in [6, 6.07) is 9.20. The number of non-ortho nitro benzene ring substituents is 1. The Balaban J connectivity index is 1.75. The third-order valence-electron chi connectivity index (χ3n) is 2.93. The molecule has 8 nitrogen and oxygen atoms in total. The van der Waals surface area contributed by atoms with Crippen LogP contribution in [0.5, 0.6) is 0 Å². The summed E-state index contributed by atoms with van der Waals surface area (Å²) in [5.74, 6) is -0.167. The summed E-state index contributed by atoms with van der Waals surface area (Å²) in [5.41, 5.74) is 0.491. The van der Waals surface area contributed by atoms with Crippen LogP contribution in [-0.4, -0.2) is 21.0 Å². The minimum atomic E-state index is -0.494. The van der Waals surface area contributed by atoms with E-state index in [2.05, 4.69) is 15.5 Å². The highest BCUT2D eigenvalue weighted by Gasteiger charge is 2.14. The summed E-state index contributed by atoms with van der Waals surface area (Å²) in [7, 11) is 0. The lowest BCUT2D eigenvalue weighted by Gasteiger charge is -1.97. The van der Waals surface area contributed by atoms with Crippen LogP contribution >= 0.6 is 11.3 Å². The second-order valence-corrected chi connectivity index (χ2v) is 5.87. The predicted octanol–water partition coefficient (Wildman–Crippen LogP) is 3.27. The SMILES string of the molecule is Cc1ccc(C(=O)Nc2nnc(-c3ccc([N+](=O)[O-])cc3)o2)s1. The van der Waals surface area contributed by atoms with Gasteiger partial charge in [-0.1, -0.05) is 5.10 Å². The second-order valence-electron chi connectivity index (χ2n) is 4.58. The number of rotatable bonds is 4. The zero-order valence-corrected chi connectivity index (χ0v) is 12.7. The molecule has 116 valence electrons. The lowest BCUT2D eigenvalue weighted by atomic mass is 10.2. The Morgan fingerprint density at radius 3 is 2.57 bits per heavy atom. The van der Waals surface area contributed by atoms with E-state index in [1.165, 1.54) is 35.6 Å². The Kier molecular flexibility index (Phi) is 3.85. The molecule has 0 saturated heterocycles. The van der Waals surface area contributed by atoms with Gasteiger partial charge in [0.2, 0.25) is 5.89 Å². The van der Waals surface area contributed by atoms with Gasteiger partial charge in [0.05, 0.1) is 9.80 Å². The van der Waals surface area contributed by atoms with Crippen molar-refractivity contribution < 1.29 is 14.1 Å². The van der Waals surface area contributed by atoms with E-state index in [1.807, 2.05) is 13.0 Å². The van der Waals surface area contributed by atoms with Gasteiger partial charge >= 0.3 is 6.01 Å². The summed E-state index contributed by atoms with van der Waals surface area (Å²) in [6.07, 6.45) is 0. The quantitative estimate of drug-likeness (QED) is 0.580. The average molecular weight is 330 g/mol. The van der Waals surface area contributed by atoms with Gasteiger partial charge in [0.15, 0.2) is 0 Å². The molecule has 0 radical (unpaired) electrons. The smallest absolute Gasteiger partial charge is 0.322 e. The molecule has 0 atom stereocenters. The Morgan fingerprint density at radius 1 is 1.22 bits per heavy atom. The number of nitrogens with one attached hydrogen (secondary N) is 1. The fourth-order valence-electron chi connectivity index (χ4n) is 1.83. The molecular weight excluding hydrogens is 320 g/mol. The second kappa shape index (κ2) is 5.97. The molecule has 9 heteroatoms. The Morgan fingerprint density at radius 2 is 1.96 bits per heavy atom. The van der Waals surface area contributed by atoms with Crippen molar-refractivity contribution in [3.05, 3.63) is 56.3 Å². The number of nitro groups is 1. The third kappa shape index (κ3) is 3.24. The van der Waals surface area contributed by atoms with Gasteiger partial charge in [0.25, 0.3) is 11.6 Å². The molecule has 2 heterocycles. The maximum atomic E-state index is 12.0. The minimum absolute atomic E-state index is 0.0325. The number of hydrogen-bond acceptors (Lipinski definition) is 7. The van der Waals surface area contributed by atoms with Crippen molar-refractivity contribution in [1.82, 2.24) is 10.2 Å². The van der Waals surface area contributed by atoms with Gasteiger partial charge in [-0.05, 0) is 31.2 Å². The standard InChI is InChI=1S/C14H10N4O4S/c1-8-2-7-11(23-8)12(19)15-14-17-16-13(22-14)9-3-5-10(6-4-9)18(20)21/h2-7H,1H3,(H,15,17,19). The largest absolute Gasteiger partial charge is 0.403 e. The van der Waals surface area contributed by atoms with E-state index in [-0.39, 0.29) is 23.5 Å². The van der Waals surface area contributed by atoms with Gasteiger partial charge in [0.1, 0.15) is 0 Å².